The SMILES string of the molecule is Cc1cc(C2CCN(C(=O)c3nc(N)n[nH]3)CC2)c2cc(C)[nH]c2n1. The number of pyridine rings is 1. The van der Waals surface area contributed by atoms with E-state index in [2.05, 4.69) is 37.3 Å². The average Bonchev–Trinajstić information content (AvgIpc) is 3.18. The molecule has 0 aromatic carbocycles. The van der Waals surface area contributed by atoms with Gasteiger partial charge in [0.15, 0.2) is 0 Å². The monoisotopic (exact) mass is 339 g/mol. The molecule has 0 unspecified atom stereocenters. The first kappa shape index (κ1) is 15.6. The zero-order valence-electron chi connectivity index (χ0n) is 14.3. The fraction of sp³-hybridized carbons (Fsp3) is 0.412. The van der Waals surface area contributed by atoms with E-state index in [0.29, 0.717) is 19.0 Å². The van der Waals surface area contributed by atoms with Gasteiger partial charge in [0.05, 0.1) is 0 Å². The summed E-state index contributed by atoms with van der Waals surface area (Å²) in [5.74, 6) is 0.578. The molecule has 0 spiro atoms. The summed E-state index contributed by atoms with van der Waals surface area (Å²) in [4.78, 5) is 26.1. The number of rotatable bonds is 2. The Bertz CT molecular complexity index is 934. The van der Waals surface area contributed by atoms with Gasteiger partial charge in [-0.3, -0.25) is 9.89 Å². The molecule has 130 valence electrons. The predicted octanol–water partition coefficient (Wildman–Crippen LogP) is 1.90. The van der Waals surface area contributed by atoms with Gasteiger partial charge in [-0.2, -0.15) is 4.98 Å². The third-order valence-corrected chi connectivity index (χ3v) is 4.82. The van der Waals surface area contributed by atoms with Gasteiger partial charge in [-0.1, -0.05) is 0 Å². The number of nitrogens with one attached hydrogen (secondary N) is 2. The second kappa shape index (κ2) is 5.87. The lowest BCUT2D eigenvalue weighted by atomic mass is 9.87. The van der Waals surface area contributed by atoms with E-state index >= 15 is 0 Å². The summed E-state index contributed by atoms with van der Waals surface area (Å²) in [5, 5.41) is 7.51. The molecule has 0 bridgehead atoms. The lowest BCUT2D eigenvalue weighted by Crippen LogP contribution is -2.38. The number of nitrogen functional groups attached to an aromatic ring is 1. The molecule has 1 amide bonds. The second-order valence-corrected chi connectivity index (χ2v) is 6.68. The molecule has 0 atom stereocenters. The average molecular weight is 339 g/mol. The number of carbonyl (C=O) groups is 1. The highest BCUT2D eigenvalue weighted by Crippen LogP contribution is 2.33. The minimum atomic E-state index is -0.142. The number of aromatic amines is 2. The summed E-state index contributed by atoms with van der Waals surface area (Å²) in [5.41, 5.74) is 9.88. The predicted molar refractivity (Wildman–Crippen MR) is 94.2 cm³/mol. The van der Waals surface area contributed by atoms with Crippen LogP contribution in [0.1, 0.15) is 46.3 Å². The number of hydrogen-bond donors (Lipinski definition) is 3. The number of hydrogen-bond acceptors (Lipinski definition) is 5. The van der Waals surface area contributed by atoms with Gasteiger partial charge in [0.2, 0.25) is 11.8 Å². The lowest BCUT2D eigenvalue weighted by Gasteiger charge is -2.32. The van der Waals surface area contributed by atoms with Crippen LogP contribution in [-0.2, 0) is 0 Å². The van der Waals surface area contributed by atoms with Crippen LogP contribution in [0.15, 0.2) is 12.1 Å². The molecule has 8 heteroatoms. The zero-order chi connectivity index (χ0) is 17.6. The second-order valence-electron chi connectivity index (χ2n) is 6.68. The van der Waals surface area contributed by atoms with Crippen LogP contribution < -0.4 is 5.73 Å². The summed E-state index contributed by atoms with van der Waals surface area (Å²) in [6.07, 6.45) is 1.83. The fourth-order valence-electron chi connectivity index (χ4n) is 3.65. The molecule has 25 heavy (non-hydrogen) atoms. The Kier molecular flexibility index (Phi) is 3.67. The van der Waals surface area contributed by atoms with E-state index in [-0.39, 0.29) is 17.7 Å². The van der Waals surface area contributed by atoms with Gasteiger partial charge in [-0.15, -0.1) is 5.10 Å². The molecule has 4 rings (SSSR count). The maximum atomic E-state index is 12.4. The largest absolute Gasteiger partial charge is 0.366 e. The molecule has 4 heterocycles. The Morgan fingerprint density at radius 2 is 2.00 bits per heavy atom. The molecule has 1 saturated heterocycles. The number of aryl methyl sites for hydroxylation is 2. The number of nitrogens with two attached hydrogens (primary N) is 1. The van der Waals surface area contributed by atoms with E-state index < -0.39 is 0 Å². The molecule has 1 fully saturated rings. The first-order valence-corrected chi connectivity index (χ1v) is 8.45. The molecular weight excluding hydrogens is 318 g/mol. The van der Waals surface area contributed by atoms with Crippen LogP contribution in [0, 0.1) is 13.8 Å². The van der Waals surface area contributed by atoms with Crippen molar-refractivity contribution < 1.29 is 4.79 Å². The van der Waals surface area contributed by atoms with E-state index in [1.54, 1.807) is 0 Å². The minimum absolute atomic E-state index is 0.0933. The van der Waals surface area contributed by atoms with E-state index in [4.69, 9.17) is 5.73 Å². The van der Waals surface area contributed by atoms with Crippen molar-refractivity contribution in [2.24, 2.45) is 0 Å². The number of amides is 1. The van der Waals surface area contributed by atoms with Gasteiger partial charge in [0, 0.05) is 29.9 Å². The third-order valence-electron chi connectivity index (χ3n) is 4.82. The molecule has 1 aliphatic heterocycles. The van der Waals surface area contributed by atoms with Crippen molar-refractivity contribution in [2.45, 2.75) is 32.6 Å². The van der Waals surface area contributed by atoms with Gasteiger partial charge in [-0.05, 0) is 50.3 Å². The molecule has 4 N–H and O–H groups in total. The minimum Gasteiger partial charge on any atom is -0.366 e. The molecule has 1 aliphatic rings. The molecular formula is C17H21N7O. The zero-order valence-corrected chi connectivity index (χ0v) is 14.3. The topological polar surface area (TPSA) is 117 Å². The Morgan fingerprint density at radius 3 is 2.68 bits per heavy atom. The van der Waals surface area contributed by atoms with Crippen molar-refractivity contribution in [1.82, 2.24) is 30.0 Å². The van der Waals surface area contributed by atoms with Crippen LogP contribution in [0.3, 0.4) is 0 Å². The van der Waals surface area contributed by atoms with E-state index in [0.717, 1.165) is 29.9 Å². The highest BCUT2D eigenvalue weighted by atomic mass is 16.2. The molecule has 0 aliphatic carbocycles. The first-order valence-electron chi connectivity index (χ1n) is 8.45. The Balaban J connectivity index is 1.53. The van der Waals surface area contributed by atoms with Crippen LogP contribution in [0.5, 0.6) is 0 Å². The highest BCUT2D eigenvalue weighted by molar-refractivity contribution is 5.90. The van der Waals surface area contributed by atoms with Gasteiger partial charge in [-0.25, -0.2) is 4.98 Å². The normalized spacial score (nSPS) is 15.8. The van der Waals surface area contributed by atoms with Crippen molar-refractivity contribution in [3.05, 3.63) is 34.9 Å². The van der Waals surface area contributed by atoms with Crippen LogP contribution in [0.25, 0.3) is 11.0 Å². The number of H-pyrrole nitrogens is 2. The molecule has 8 nitrogen and oxygen atoms in total. The maximum absolute atomic E-state index is 12.4. The van der Waals surface area contributed by atoms with E-state index in [1.807, 2.05) is 18.7 Å². The number of nitrogens with zero attached hydrogens (tertiary/aromatic N) is 4. The standard InChI is InChI=1S/C17H21N7O/c1-9-7-12(13-8-10(2)20-14(13)19-9)11-3-5-24(6-4-11)16(25)15-21-17(18)23-22-15/h7-8,11H,3-6H2,1-2H3,(H,19,20)(H3,18,21,22,23). The molecule has 3 aromatic heterocycles. The summed E-state index contributed by atoms with van der Waals surface area (Å²) >= 11 is 0. The molecule has 0 radical (unpaired) electrons. The maximum Gasteiger partial charge on any atom is 0.291 e. The van der Waals surface area contributed by atoms with Crippen LogP contribution in [-0.4, -0.2) is 49.0 Å². The number of piperidine rings is 1. The van der Waals surface area contributed by atoms with E-state index in [9.17, 15) is 4.79 Å². The fourth-order valence-corrected chi connectivity index (χ4v) is 3.65. The molecule has 0 saturated carbocycles. The smallest absolute Gasteiger partial charge is 0.291 e. The first-order chi connectivity index (χ1) is 12.0. The summed E-state index contributed by atoms with van der Waals surface area (Å²) in [6.45, 7) is 5.45. The van der Waals surface area contributed by atoms with Crippen molar-refractivity contribution in [3.63, 3.8) is 0 Å². The number of aromatic nitrogens is 5. The summed E-state index contributed by atoms with van der Waals surface area (Å²) in [7, 11) is 0. The van der Waals surface area contributed by atoms with Gasteiger partial charge >= 0.3 is 0 Å². The van der Waals surface area contributed by atoms with Crippen molar-refractivity contribution in [3.8, 4) is 0 Å². The van der Waals surface area contributed by atoms with Crippen LogP contribution in [0.2, 0.25) is 0 Å². The number of fused-ring (bicyclic) bond motifs is 1. The Morgan fingerprint density at radius 1 is 1.24 bits per heavy atom. The van der Waals surface area contributed by atoms with Crippen molar-refractivity contribution >= 4 is 22.9 Å². The number of carbonyl (C=O) groups excluding carboxylic acids is 1. The summed E-state index contributed by atoms with van der Waals surface area (Å²) in [6, 6.07) is 4.33. The number of likely N-dealkylation sites (tertiary alicyclic amines) is 1. The van der Waals surface area contributed by atoms with Gasteiger partial charge < -0.3 is 15.6 Å². The number of anilines is 1. The van der Waals surface area contributed by atoms with Crippen molar-refractivity contribution in [2.75, 3.05) is 18.8 Å². The third kappa shape index (κ3) is 2.84. The van der Waals surface area contributed by atoms with Crippen LogP contribution >= 0.6 is 0 Å². The lowest BCUT2D eigenvalue weighted by molar-refractivity contribution is 0.0701. The van der Waals surface area contributed by atoms with E-state index in [1.165, 1.54) is 10.9 Å². The van der Waals surface area contributed by atoms with Gasteiger partial charge in [0.1, 0.15) is 5.65 Å². The quantitative estimate of drug-likeness (QED) is 0.659. The Labute approximate surface area is 144 Å². The molecule has 3 aromatic rings. The highest BCUT2D eigenvalue weighted by Gasteiger charge is 2.27. The van der Waals surface area contributed by atoms with Gasteiger partial charge in [0.25, 0.3) is 5.91 Å². The Hall–Kier alpha value is -2.90. The summed E-state index contributed by atoms with van der Waals surface area (Å²) < 4.78 is 0. The van der Waals surface area contributed by atoms with Crippen LogP contribution in [0.4, 0.5) is 5.95 Å². The van der Waals surface area contributed by atoms with Crippen molar-refractivity contribution in [1.29, 1.82) is 0 Å².